The molecule has 0 saturated heterocycles. The van der Waals surface area contributed by atoms with Gasteiger partial charge in [-0.1, -0.05) is 12.1 Å². The molecule has 102 valence electrons. The number of nitrogens with two attached hydrogens (primary N) is 1. The van der Waals surface area contributed by atoms with E-state index in [0.717, 1.165) is 25.1 Å². The van der Waals surface area contributed by atoms with Gasteiger partial charge < -0.3 is 10.5 Å². The number of benzene rings is 1. The predicted octanol–water partition coefficient (Wildman–Crippen LogP) is 2.18. The summed E-state index contributed by atoms with van der Waals surface area (Å²) in [6.45, 7) is 3.61. The first kappa shape index (κ1) is 15.1. The van der Waals surface area contributed by atoms with Crippen LogP contribution in [-0.2, 0) is 4.74 Å². The largest absolute Gasteiger partial charge is 0.385 e. The second kappa shape index (κ2) is 7.46. The fourth-order valence-electron chi connectivity index (χ4n) is 2.22. The number of methoxy groups -OCH3 is 1. The van der Waals surface area contributed by atoms with Gasteiger partial charge in [-0.15, -0.1) is 0 Å². The molecule has 1 aromatic carbocycles. The van der Waals surface area contributed by atoms with Crippen LogP contribution in [0, 0.1) is 5.82 Å². The molecular weight excluding hydrogens is 231 g/mol. The van der Waals surface area contributed by atoms with Gasteiger partial charge in [-0.3, -0.25) is 4.90 Å². The van der Waals surface area contributed by atoms with E-state index in [0.29, 0.717) is 0 Å². The number of hydrogen-bond acceptors (Lipinski definition) is 3. The Morgan fingerprint density at radius 3 is 2.44 bits per heavy atom. The number of ether oxygens (including phenoxy) is 1. The molecule has 0 aliphatic heterocycles. The van der Waals surface area contributed by atoms with Gasteiger partial charge in [0.15, 0.2) is 0 Å². The number of nitrogens with zero attached hydrogens (tertiary/aromatic N) is 1. The highest BCUT2D eigenvalue weighted by Crippen LogP contribution is 2.22. The Balaban J connectivity index is 2.72. The van der Waals surface area contributed by atoms with Crippen LogP contribution in [0.15, 0.2) is 24.3 Å². The molecule has 18 heavy (non-hydrogen) atoms. The van der Waals surface area contributed by atoms with Crippen molar-refractivity contribution in [1.82, 2.24) is 4.90 Å². The van der Waals surface area contributed by atoms with Crippen LogP contribution in [0.4, 0.5) is 4.39 Å². The Morgan fingerprint density at radius 2 is 1.94 bits per heavy atom. The summed E-state index contributed by atoms with van der Waals surface area (Å²) in [4.78, 5) is 2.19. The lowest BCUT2D eigenvalue weighted by Gasteiger charge is -2.31. The first-order chi connectivity index (χ1) is 8.56. The average molecular weight is 254 g/mol. The molecule has 0 fully saturated rings. The highest BCUT2D eigenvalue weighted by molar-refractivity contribution is 5.21. The zero-order valence-electron chi connectivity index (χ0n) is 11.4. The van der Waals surface area contributed by atoms with Gasteiger partial charge in [0.05, 0.1) is 0 Å². The Labute approximate surface area is 109 Å². The molecule has 0 amide bonds. The van der Waals surface area contributed by atoms with E-state index in [1.54, 1.807) is 19.2 Å². The standard InChI is InChI=1S/C14H23FN2O/c1-11(16)14(17(2)9-4-10-18-3)12-5-7-13(15)8-6-12/h5-8,11,14H,4,9-10,16H2,1-3H3. The molecule has 2 atom stereocenters. The Kier molecular flexibility index (Phi) is 6.25. The molecule has 0 bridgehead atoms. The lowest BCUT2D eigenvalue weighted by Crippen LogP contribution is -2.38. The van der Waals surface area contributed by atoms with Crippen molar-refractivity contribution in [1.29, 1.82) is 0 Å². The molecule has 1 aromatic rings. The SMILES string of the molecule is COCCCN(C)C(c1ccc(F)cc1)C(C)N. The van der Waals surface area contributed by atoms with Gasteiger partial charge in [-0.2, -0.15) is 0 Å². The van der Waals surface area contributed by atoms with Gasteiger partial charge in [0, 0.05) is 32.3 Å². The van der Waals surface area contributed by atoms with Crippen molar-refractivity contribution in [3.8, 4) is 0 Å². The van der Waals surface area contributed by atoms with E-state index in [4.69, 9.17) is 10.5 Å². The van der Waals surface area contributed by atoms with E-state index in [1.807, 2.05) is 14.0 Å². The summed E-state index contributed by atoms with van der Waals surface area (Å²) in [5, 5.41) is 0. The molecule has 0 aliphatic carbocycles. The van der Waals surface area contributed by atoms with Crippen LogP contribution in [0.5, 0.6) is 0 Å². The molecule has 2 N–H and O–H groups in total. The summed E-state index contributed by atoms with van der Waals surface area (Å²) in [5.74, 6) is -0.218. The summed E-state index contributed by atoms with van der Waals surface area (Å²) < 4.78 is 18.0. The molecule has 0 radical (unpaired) electrons. The minimum absolute atomic E-state index is 0.0111. The fraction of sp³-hybridized carbons (Fsp3) is 0.571. The summed E-state index contributed by atoms with van der Waals surface area (Å²) >= 11 is 0. The maximum atomic E-state index is 12.9. The van der Waals surface area contributed by atoms with Crippen LogP contribution in [0.3, 0.4) is 0 Å². The average Bonchev–Trinajstić information content (AvgIpc) is 2.32. The van der Waals surface area contributed by atoms with Crippen molar-refractivity contribution in [2.75, 3.05) is 27.3 Å². The quantitative estimate of drug-likeness (QED) is 0.758. The second-order valence-corrected chi connectivity index (χ2v) is 4.68. The monoisotopic (exact) mass is 254 g/mol. The first-order valence-corrected chi connectivity index (χ1v) is 6.26. The molecule has 0 saturated carbocycles. The van der Waals surface area contributed by atoms with Crippen LogP contribution in [0.2, 0.25) is 0 Å². The summed E-state index contributed by atoms with van der Waals surface area (Å²) in [6.07, 6.45) is 0.956. The maximum absolute atomic E-state index is 12.9. The summed E-state index contributed by atoms with van der Waals surface area (Å²) in [7, 11) is 3.73. The van der Waals surface area contributed by atoms with Gasteiger partial charge in [-0.25, -0.2) is 4.39 Å². The Hall–Kier alpha value is -0.970. The van der Waals surface area contributed by atoms with E-state index in [2.05, 4.69) is 4.90 Å². The van der Waals surface area contributed by atoms with E-state index >= 15 is 0 Å². The Bertz CT molecular complexity index is 340. The first-order valence-electron chi connectivity index (χ1n) is 6.26. The highest BCUT2D eigenvalue weighted by Gasteiger charge is 2.20. The third-order valence-electron chi connectivity index (χ3n) is 3.04. The van der Waals surface area contributed by atoms with Crippen molar-refractivity contribution in [3.63, 3.8) is 0 Å². The van der Waals surface area contributed by atoms with Crippen LogP contribution >= 0.6 is 0 Å². The summed E-state index contributed by atoms with van der Waals surface area (Å²) in [5.41, 5.74) is 7.09. The van der Waals surface area contributed by atoms with Crippen LogP contribution in [0.1, 0.15) is 24.9 Å². The van der Waals surface area contributed by atoms with Crippen molar-refractivity contribution in [2.45, 2.75) is 25.4 Å². The smallest absolute Gasteiger partial charge is 0.123 e. The Morgan fingerprint density at radius 1 is 1.33 bits per heavy atom. The van der Waals surface area contributed by atoms with E-state index < -0.39 is 0 Å². The minimum atomic E-state index is -0.218. The lowest BCUT2D eigenvalue weighted by atomic mass is 9.99. The molecule has 0 aromatic heterocycles. The second-order valence-electron chi connectivity index (χ2n) is 4.68. The van der Waals surface area contributed by atoms with Gasteiger partial charge >= 0.3 is 0 Å². The molecule has 4 heteroatoms. The molecular formula is C14H23FN2O. The molecule has 2 unspecified atom stereocenters. The van der Waals surface area contributed by atoms with E-state index in [1.165, 1.54) is 12.1 Å². The molecule has 3 nitrogen and oxygen atoms in total. The van der Waals surface area contributed by atoms with Crippen molar-refractivity contribution in [3.05, 3.63) is 35.6 Å². The molecule has 0 aliphatic rings. The third-order valence-corrected chi connectivity index (χ3v) is 3.04. The topological polar surface area (TPSA) is 38.5 Å². The van der Waals surface area contributed by atoms with Crippen molar-refractivity contribution in [2.24, 2.45) is 5.73 Å². The normalized spacial score (nSPS) is 14.8. The number of hydrogen-bond donors (Lipinski definition) is 1. The summed E-state index contributed by atoms with van der Waals surface area (Å²) in [6, 6.07) is 6.65. The molecule has 0 heterocycles. The van der Waals surface area contributed by atoms with E-state index in [9.17, 15) is 4.39 Å². The van der Waals surface area contributed by atoms with E-state index in [-0.39, 0.29) is 17.9 Å². The zero-order chi connectivity index (χ0) is 13.5. The van der Waals surface area contributed by atoms with Gasteiger partial charge in [0.2, 0.25) is 0 Å². The minimum Gasteiger partial charge on any atom is -0.385 e. The maximum Gasteiger partial charge on any atom is 0.123 e. The molecule has 1 rings (SSSR count). The zero-order valence-corrected chi connectivity index (χ0v) is 11.4. The van der Waals surface area contributed by atoms with Gasteiger partial charge in [0.1, 0.15) is 5.82 Å². The van der Waals surface area contributed by atoms with Gasteiger partial charge in [-0.05, 0) is 38.1 Å². The number of likely N-dealkylation sites (N-methyl/N-ethyl adjacent to an activating group) is 1. The van der Waals surface area contributed by atoms with Crippen LogP contribution in [0.25, 0.3) is 0 Å². The fourth-order valence-corrected chi connectivity index (χ4v) is 2.22. The highest BCUT2D eigenvalue weighted by atomic mass is 19.1. The lowest BCUT2D eigenvalue weighted by molar-refractivity contribution is 0.158. The third kappa shape index (κ3) is 4.37. The number of rotatable bonds is 7. The van der Waals surface area contributed by atoms with Crippen LogP contribution < -0.4 is 5.73 Å². The number of halogens is 1. The van der Waals surface area contributed by atoms with Crippen LogP contribution in [-0.4, -0.2) is 38.3 Å². The van der Waals surface area contributed by atoms with Crippen molar-refractivity contribution < 1.29 is 9.13 Å². The predicted molar refractivity (Wildman–Crippen MR) is 71.9 cm³/mol. The van der Waals surface area contributed by atoms with Gasteiger partial charge in [0.25, 0.3) is 0 Å². The molecule has 0 spiro atoms. The van der Waals surface area contributed by atoms with Crippen molar-refractivity contribution >= 4 is 0 Å².